The lowest BCUT2D eigenvalue weighted by atomic mass is 10.1. The molecule has 100 valence electrons. The molecule has 4 nitrogen and oxygen atoms in total. The Morgan fingerprint density at radius 2 is 1.67 bits per heavy atom. The summed E-state index contributed by atoms with van der Waals surface area (Å²) in [7, 11) is 0. The molecule has 0 saturated carbocycles. The van der Waals surface area contributed by atoms with Crippen molar-refractivity contribution < 1.29 is 19.0 Å². The van der Waals surface area contributed by atoms with E-state index in [4.69, 9.17) is 14.2 Å². The zero-order chi connectivity index (χ0) is 13.4. The predicted octanol–water partition coefficient (Wildman–Crippen LogP) is 2.67. The van der Waals surface area contributed by atoms with Crippen LogP contribution in [0.1, 0.15) is 31.1 Å². The standard InChI is InChI=1S/C14H20O4/c1-4-16-12-10-8-7-9-11(12)13(15)14(17-5-2)18-6-3/h7-10,14H,4-6H2,1-3H3. The molecular formula is C14H20O4. The maximum Gasteiger partial charge on any atom is 0.222 e. The van der Waals surface area contributed by atoms with Crippen LogP contribution in [0.25, 0.3) is 0 Å². The van der Waals surface area contributed by atoms with Gasteiger partial charge in [0.05, 0.1) is 12.2 Å². The summed E-state index contributed by atoms with van der Waals surface area (Å²) in [6.07, 6.45) is -0.860. The van der Waals surface area contributed by atoms with Gasteiger partial charge in [-0.2, -0.15) is 0 Å². The van der Waals surface area contributed by atoms with Crippen LogP contribution in [-0.2, 0) is 9.47 Å². The van der Waals surface area contributed by atoms with Gasteiger partial charge in [0, 0.05) is 13.2 Å². The number of para-hydroxylation sites is 1. The van der Waals surface area contributed by atoms with E-state index in [9.17, 15) is 4.79 Å². The van der Waals surface area contributed by atoms with Crippen LogP contribution in [0.4, 0.5) is 0 Å². The first kappa shape index (κ1) is 14.7. The SMILES string of the molecule is CCOc1ccccc1C(=O)C(OCC)OCC. The number of Topliss-reactive ketones (excluding diaryl/α,β-unsaturated/α-hetero) is 1. The third-order valence-corrected chi connectivity index (χ3v) is 2.30. The molecule has 4 heteroatoms. The molecule has 1 aromatic rings. The monoisotopic (exact) mass is 252 g/mol. The zero-order valence-corrected chi connectivity index (χ0v) is 11.1. The summed E-state index contributed by atoms with van der Waals surface area (Å²) in [4.78, 5) is 12.3. The minimum absolute atomic E-state index is 0.206. The summed E-state index contributed by atoms with van der Waals surface area (Å²) in [5.74, 6) is 0.358. The van der Waals surface area contributed by atoms with Crippen LogP contribution in [0, 0.1) is 0 Å². The molecule has 0 saturated heterocycles. The van der Waals surface area contributed by atoms with Gasteiger partial charge in [0.2, 0.25) is 12.1 Å². The van der Waals surface area contributed by atoms with E-state index in [1.54, 1.807) is 18.2 Å². The zero-order valence-electron chi connectivity index (χ0n) is 11.1. The normalized spacial score (nSPS) is 10.7. The Bertz CT molecular complexity index is 370. The van der Waals surface area contributed by atoms with Gasteiger partial charge >= 0.3 is 0 Å². The van der Waals surface area contributed by atoms with E-state index in [1.807, 2.05) is 26.8 Å². The van der Waals surface area contributed by atoms with Crippen molar-refractivity contribution in [1.82, 2.24) is 0 Å². The van der Waals surface area contributed by atoms with E-state index in [-0.39, 0.29) is 5.78 Å². The fourth-order valence-electron chi connectivity index (χ4n) is 1.58. The Labute approximate surface area is 108 Å². The van der Waals surface area contributed by atoms with Crippen molar-refractivity contribution in [3.63, 3.8) is 0 Å². The van der Waals surface area contributed by atoms with Crippen molar-refractivity contribution in [2.24, 2.45) is 0 Å². The Morgan fingerprint density at radius 1 is 1.06 bits per heavy atom. The molecule has 0 spiro atoms. The molecule has 0 radical (unpaired) electrons. The lowest BCUT2D eigenvalue weighted by molar-refractivity contribution is -0.107. The molecule has 0 amide bonds. The summed E-state index contributed by atoms with van der Waals surface area (Å²) in [5.41, 5.74) is 0.492. The van der Waals surface area contributed by atoms with Crippen LogP contribution in [0.2, 0.25) is 0 Å². The number of hydrogen-bond donors (Lipinski definition) is 0. The van der Waals surface area contributed by atoms with E-state index in [2.05, 4.69) is 0 Å². The quantitative estimate of drug-likeness (QED) is 0.527. The van der Waals surface area contributed by atoms with Gasteiger partial charge < -0.3 is 14.2 Å². The van der Waals surface area contributed by atoms with Gasteiger partial charge in [-0.15, -0.1) is 0 Å². The molecule has 1 aromatic carbocycles. The Balaban J connectivity index is 2.92. The molecule has 0 aliphatic carbocycles. The lowest BCUT2D eigenvalue weighted by Gasteiger charge is -2.17. The van der Waals surface area contributed by atoms with Crippen LogP contribution in [-0.4, -0.2) is 31.9 Å². The highest BCUT2D eigenvalue weighted by molar-refractivity contribution is 6.01. The first-order valence-electron chi connectivity index (χ1n) is 6.23. The second-order valence-electron chi connectivity index (χ2n) is 3.54. The van der Waals surface area contributed by atoms with Crippen molar-refractivity contribution in [3.8, 4) is 5.75 Å². The van der Waals surface area contributed by atoms with Gasteiger partial charge in [0.1, 0.15) is 5.75 Å². The summed E-state index contributed by atoms with van der Waals surface area (Å²) < 4.78 is 16.0. The second-order valence-corrected chi connectivity index (χ2v) is 3.54. The number of carbonyl (C=O) groups excluding carboxylic acids is 1. The average molecular weight is 252 g/mol. The number of benzene rings is 1. The van der Waals surface area contributed by atoms with Crippen LogP contribution in [0.5, 0.6) is 5.75 Å². The predicted molar refractivity (Wildman–Crippen MR) is 69.0 cm³/mol. The van der Waals surface area contributed by atoms with E-state index in [1.165, 1.54) is 0 Å². The molecule has 0 aliphatic heterocycles. The molecule has 0 aliphatic rings. The summed E-state index contributed by atoms with van der Waals surface area (Å²) in [6.45, 7) is 6.89. The molecule has 0 unspecified atom stereocenters. The van der Waals surface area contributed by atoms with Gasteiger partial charge in [-0.25, -0.2) is 0 Å². The molecule has 0 bridgehead atoms. The Kier molecular flexibility index (Phi) is 6.39. The molecule has 1 rings (SSSR count). The average Bonchev–Trinajstić information content (AvgIpc) is 2.39. The van der Waals surface area contributed by atoms with Gasteiger partial charge in [-0.05, 0) is 32.9 Å². The number of ketones is 1. The third kappa shape index (κ3) is 3.82. The van der Waals surface area contributed by atoms with E-state index in [0.29, 0.717) is 31.1 Å². The van der Waals surface area contributed by atoms with Crippen molar-refractivity contribution >= 4 is 5.78 Å². The van der Waals surface area contributed by atoms with Gasteiger partial charge in [0.25, 0.3) is 0 Å². The van der Waals surface area contributed by atoms with Crippen molar-refractivity contribution in [3.05, 3.63) is 29.8 Å². The number of carbonyl (C=O) groups is 1. The minimum atomic E-state index is -0.860. The van der Waals surface area contributed by atoms with E-state index in [0.717, 1.165) is 0 Å². The molecule has 18 heavy (non-hydrogen) atoms. The van der Waals surface area contributed by atoms with Gasteiger partial charge in [-0.3, -0.25) is 4.79 Å². The number of hydrogen-bond acceptors (Lipinski definition) is 4. The van der Waals surface area contributed by atoms with Crippen molar-refractivity contribution in [1.29, 1.82) is 0 Å². The molecule has 0 atom stereocenters. The highest BCUT2D eigenvalue weighted by Crippen LogP contribution is 2.20. The lowest BCUT2D eigenvalue weighted by Crippen LogP contribution is -2.28. The second kappa shape index (κ2) is 7.84. The summed E-state index contributed by atoms with van der Waals surface area (Å²) in [6, 6.07) is 7.12. The largest absolute Gasteiger partial charge is 0.493 e. The highest BCUT2D eigenvalue weighted by Gasteiger charge is 2.23. The summed E-state index contributed by atoms with van der Waals surface area (Å²) in [5, 5.41) is 0. The first-order valence-corrected chi connectivity index (χ1v) is 6.23. The maximum absolute atomic E-state index is 12.3. The highest BCUT2D eigenvalue weighted by atomic mass is 16.7. The van der Waals surface area contributed by atoms with Gasteiger partial charge in [0.15, 0.2) is 0 Å². The fourth-order valence-corrected chi connectivity index (χ4v) is 1.58. The summed E-state index contributed by atoms with van der Waals surface area (Å²) >= 11 is 0. The third-order valence-electron chi connectivity index (χ3n) is 2.30. The maximum atomic E-state index is 12.3. The fraction of sp³-hybridized carbons (Fsp3) is 0.500. The van der Waals surface area contributed by atoms with Crippen LogP contribution in [0.3, 0.4) is 0 Å². The molecule has 0 fully saturated rings. The number of rotatable bonds is 8. The van der Waals surface area contributed by atoms with Crippen LogP contribution < -0.4 is 4.74 Å². The molecular weight excluding hydrogens is 232 g/mol. The smallest absolute Gasteiger partial charge is 0.222 e. The first-order chi connectivity index (χ1) is 8.74. The van der Waals surface area contributed by atoms with Crippen LogP contribution >= 0.6 is 0 Å². The topological polar surface area (TPSA) is 44.8 Å². The number of ether oxygens (including phenoxy) is 3. The van der Waals surface area contributed by atoms with Crippen molar-refractivity contribution in [2.45, 2.75) is 27.1 Å². The minimum Gasteiger partial charge on any atom is -0.493 e. The Hall–Kier alpha value is -1.39. The molecule has 0 aromatic heterocycles. The van der Waals surface area contributed by atoms with E-state index >= 15 is 0 Å². The molecule has 0 heterocycles. The molecule has 0 N–H and O–H groups in total. The van der Waals surface area contributed by atoms with Gasteiger partial charge in [-0.1, -0.05) is 12.1 Å². The van der Waals surface area contributed by atoms with Crippen molar-refractivity contribution in [2.75, 3.05) is 19.8 Å². The Morgan fingerprint density at radius 3 is 2.22 bits per heavy atom. The van der Waals surface area contributed by atoms with Crippen LogP contribution in [0.15, 0.2) is 24.3 Å². The van der Waals surface area contributed by atoms with E-state index < -0.39 is 6.29 Å².